The van der Waals surface area contributed by atoms with Crippen LogP contribution in [0.15, 0.2) is 36.4 Å². The fraction of sp³-hybridized carbons (Fsp3) is 0.286. The summed E-state index contributed by atoms with van der Waals surface area (Å²) >= 11 is 31.0. The van der Waals surface area contributed by atoms with E-state index in [1.807, 2.05) is 0 Å². The predicted molar refractivity (Wildman–Crippen MR) is 126 cm³/mol. The molecule has 11 heteroatoms. The summed E-state index contributed by atoms with van der Waals surface area (Å²) < 4.78 is -1.33. The quantitative estimate of drug-likeness (QED) is 0.481. The number of nitrogens with one attached hydrogen (secondary N) is 3. The van der Waals surface area contributed by atoms with Gasteiger partial charge in [0.05, 0.1) is 16.5 Å². The third kappa shape index (κ3) is 4.66. The topological polar surface area (TPSA) is 87.3 Å². The standard InChI is InChI=1S/C21H16Cl5N3O3/c22-10-5-9(6-11(23)7-10)16-17(21(16,25)26)20(32)28-12-1-2-14(24)13(8-12)18(30)29-15-3-4-27-19(15)31/h1-2,5-8,15-17H,3-4H2,(H,27,31)(H,28,32)(H,29,30)/t15?,16-,17+/m1/s1. The van der Waals surface area contributed by atoms with Crippen LogP contribution in [0, 0.1) is 5.92 Å². The zero-order valence-electron chi connectivity index (χ0n) is 16.2. The Morgan fingerprint density at radius 2 is 1.72 bits per heavy atom. The SMILES string of the molecule is O=C(NC1CCNC1=O)c1cc(NC(=O)[C@@H]2[C@@H](c3cc(Cl)cc(Cl)c3)C2(Cl)Cl)ccc1Cl. The first kappa shape index (κ1) is 23.5. The Kier molecular flexibility index (Phi) is 6.54. The van der Waals surface area contributed by atoms with E-state index in [0.717, 1.165) is 0 Å². The van der Waals surface area contributed by atoms with E-state index in [-0.39, 0.29) is 16.5 Å². The number of amides is 3. The molecule has 1 saturated carbocycles. The Bertz CT molecular complexity index is 1100. The van der Waals surface area contributed by atoms with Crippen LogP contribution in [-0.4, -0.2) is 34.6 Å². The summed E-state index contributed by atoms with van der Waals surface area (Å²) in [5.41, 5.74) is 1.11. The first-order valence-electron chi connectivity index (χ1n) is 9.60. The Morgan fingerprint density at radius 1 is 1.03 bits per heavy atom. The van der Waals surface area contributed by atoms with Crippen LogP contribution in [0.2, 0.25) is 15.1 Å². The van der Waals surface area contributed by atoms with Gasteiger partial charge in [-0.2, -0.15) is 0 Å². The van der Waals surface area contributed by atoms with Crippen molar-refractivity contribution in [2.24, 2.45) is 5.92 Å². The van der Waals surface area contributed by atoms with Crippen LogP contribution in [-0.2, 0) is 9.59 Å². The second-order valence-electron chi connectivity index (χ2n) is 7.62. The Balaban J connectivity index is 1.49. The van der Waals surface area contributed by atoms with Crippen molar-refractivity contribution >= 4 is 81.4 Å². The minimum absolute atomic E-state index is 0.126. The maximum atomic E-state index is 12.9. The van der Waals surface area contributed by atoms with Gasteiger partial charge in [0.1, 0.15) is 10.4 Å². The van der Waals surface area contributed by atoms with Crippen molar-refractivity contribution < 1.29 is 14.4 Å². The number of carbonyl (C=O) groups is 3. The van der Waals surface area contributed by atoms with Gasteiger partial charge in [-0.15, -0.1) is 23.2 Å². The number of anilines is 1. The number of rotatable bonds is 5. The van der Waals surface area contributed by atoms with Crippen LogP contribution in [0.5, 0.6) is 0 Å². The van der Waals surface area contributed by atoms with Crippen molar-refractivity contribution in [3.63, 3.8) is 0 Å². The average Bonchev–Trinajstić information content (AvgIpc) is 3.07. The second kappa shape index (κ2) is 8.92. The van der Waals surface area contributed by atoms with Crippen LogP contribution >= 0.6 is 58.0 Å². The summed E-state index contributed by atoms with van der Waals surface area (Å²) in [4.78, 5) is 37.2. The van der Waals surface area contributed by atoms with Gasteiger partial charge in [0.25, 0.3) is 5.91 Å². The lowest BCUT2D eigenvalue weighted by atomic mass is 10.1. The zero-order valence-corrected chi connectivity index (χ0v) is 20.0. The van der Waals surface area contributed by atoms with E-state index in [4.69, 9.17) is 58.0 Å². The van der Waals surface area contributed by atoms with Gasteiger partial charge in [-0.05, 0) is 48.4 Å². The molecule has 1 heterocycles. The van der Waals surface area contributed by atoms with Crippen LogP contribution < -0.4 is 16.0 Å². The molecule has 3 amide bonds. The molecule has 2 aliphatic rings. The average molecular weight is 536 g/mol. The summed E-state index contributed by atoms with van der Waals surface area (Å²) in [6.45, 7) is 0.493. The van der Waals surface area contributed by atoms with Gasteiger partial charge in [0.2, 0.25) is 11.8 Å². The summed E-state index contributed by atoms with van der Waals surface area (Å²) in [7, 11) is 0. The molecule has 3 N–H and O–H groups in total. The molecule has 2 aromatic rings. The molecular weight excluding hydrogens is 520 g/mol. The smallest absolute Gasteiger partial charge is 0.253 e. The predicted octanol–water partition coefficient (Wildman–Crippen LogP) is 4.79. The van der Waals surface area contributed by atoms with Gasteiger partial charge in [-0.25, -0.2) is 0 Å². The van der Waals surface area contributed by atoms with Gasteiger partial charge in [0.15, 0.2) is 0 Å². The molecule has 168 valence electrons. The monoisotopic (exact) mass is 533 g/mol. The van der Waals surface area contributed by atoms with E-state index in [9.17, 15) is 14.4 Å². The Labute approximate surface area is 208 Å². The minimum Gasteiger partial charge on any atom is -0.354 e. The molecule has 3 atom stereocenters. The molecule has 0 aromatic heterocycles. The van der Waals surface area contributed by atoms with Gasteiger partial charge in [0, 0.05) is 28.2 Å². The van der Waals surface area contributed by atoms with E-state index in [1.54, 1.807) is 24.3 Å². The third-order valence-electron chi connectivity index (χ3n) is 5.41. The second-order valence-corrected chi connectivity index (χ2v) is 10.3. The van der Waals surface area contributed by atoms with E-state index in [2.05, 4.69) is 16.0 Å². The molecule has 1 aliphatic heterocycles. The van der Waals surface area contributed by atoms with Crippen molar-refractivity contribution in [3.05, 3.63) is 62.6 Å². The summed E-state index contributed by atoms with van der Waals surface area (Å²) in [6, 6.07) is 8.74. The summed E-state index contributed by atoms with van der Waals surface area (Å²) in [5, 5.41) is 9.00. The van der Waals surface area contributed by atoms with Crippen molar-refractivity contribution in [2.45, 2.75) is 22.7 Å². The molecule has 0 bridgehead atoms. The van der Waals surface area contributed by atoms with Crippen LogP contribution in [0.4, 0.5) is 5.69 Å². The highest BCUT2D eigenvalue weighted by molar-refractivity contribution is 6.53. The summed E-state index contributed by atoms with van der Waals surface area (Å²) in [6.07, 6.45) is 0.489. The molecule has 1 saturated heterocycles. The van der Waals surface area contributed by atoms with E-state index < -0.39 is 34.0 Å². The fourth-order valence-electron chi connectivity index (χ4n) is 3.79. The number of benzene rings is 2. The fourth-order valence-corrected chi connectivity index (χ4v) is 5.36. The molecule has 2 fully saturated rings. The normalized spacial score (nSPS) is 23.4. The first-order chi connectivity index (χ1) is 15.1. The van der Waals surface area contributed by atoms with Gasteiger partial charge in [-0.3, -0.25) is 14.4 Å². The van der Waals surface area contributed by atoms with Crippen molar-refractivity contribution in [2.75, 3.05) is 11.9 Å². The van der Waals surface area contributed by atoms with E-state index >= 15 is 0 Å². The number of hydrogen-bond acceptors (Lipinski definition) is 3. The van der Waals surface area contributed by atoms with Gasteiger partial charge < -0.3 is 16.0 Å². The van der Waals surface area contributed by atoms with Crippen LogP contribution in [0.25, 0.3) is 0 Å². The molecule has 4 rings (SSSR count). The Morgan fingerprint density at radius 3 is 2.34 bits per heavy atom. The van der Waals surface area contributed by atoms with Crippen LogP contribution in [0.3, 0.4) is 0 Å². The molecule has 1 unspecified atom stereocenters. The number of halogens is 5. The first-order valence-corrected chi connectivity index (χ1v) is 11.5. The molecule has 0 radical (unpaired) electrons. The highest BCUT2D eigenvalue weighted by Gasteiger charge is 2.67. The van der Waals surface area contributed by atoms with E-state index in [0.29, 0.717) is 34.3 Å². The lowest BCUT2D eigenvalue weighted by molar-refractivity contribution is -0.120. The zero-order chi connectivity index (χ0) is 23.2. The number of carbonyl (C=O) groups excluding carboxylic acids is 3. The molecule has 6 nitrogen and oxygen atoms in total. The highest BCUT2D eigenvalue weighted by atomic mass is 35.5. The maximum absolute atomic E-state index is 12.9. The number of alkyl halides is 2. The minimum atomic E-state index is -1.33. The van der Waals surface area contributed by atoms with Crippen molar-refractivity contribution in [3.8, 4) is 0 Å². The molecular formula is C21H16Cl5N3O3. The Hall–Kier alpha value is -1.70. The molecule has 1 aliphatic carbocycles. The third-order valence-corrected chi connectivity index (χ3v) is 7.12. The maximum Gasteiger partial charge on any atom is 0.253 e. The van der Waals surface area contributed by atoms with Crippen molar-refractivity contribution in [1.29, 1.82) is 0 Å². The molecule has 2 aromatic carbocycles. The van der Waals surface area contributed by atoms with Crippen LogP contribution in [0.1, 0.15) is 28.3 Å². The lowest BCUT2D eigenvalue weighted by Gasteiger charge is -2.12. The van der Waals surface area contributed by atoms with E-state index in [1.165, 1.54) is 12.1 Å². The molecule has 32 heavy (non-hydrogen) atoms. The number of hydrogen-bond donors (Lipinski definition) is 3. The lowest BCUT2D eigenvalue weighted by Crippen LogP contribution is -2.40. The van der Waals surface area contributed by atoms with Crippen molar-refractivity contribution in [1.82, 2.24) is 10.6 Å². The summed E-state index contributed by atoms with van der Waals surface area (Å²) in [5.74, 6) is -2.45. The van der Waals surface area contributed by atoms with Gasteiger partial charge in [-0.1, -0.05) is 34.8 Å². The molecule has 0 spiro atoms. The van der Waals surface area contributed by atoms with Gasteiger partial charge >= 0.3 is 0 Å². The highest BCUT2D eigenvalue weighted by Crippen LogP contribution is 2.65. The largest absolute Gasteiger partial charge is 0.354 e.